The summed E-state index contributed by atoms with van der Waals surface area (Å²) in [5, 5.41) is 11.9. The van der Waals surface area contributed by atoms with Gasteiger partial charge in [-0.2, -0.15) is 13.2 Å². The Labute approximate surface area is 250 Å². The van der Waals surface area contributed by atoms with E-state index in [0.717, 1.165) is 51.8 Å². The van der Waals surface area contributed by atoms with Crippen molar-refractivity contribution in [2.75, 3.05) is 10.2 Å². The molecule has 6 rings (SSSR count). The van der Waals surface area contributed by atoms with Gasteiger partial charge < -0.3 is 10.4 Å². The lowest BCUT2D eigenvalue weighted by Gasteiger charge is -2.30. The number of thiazole rings is 1. The molecule has 220 valence electrons. The lowest BCUT2D eigenvalue weighted by atomic mass is 9.83. The Morgan fingerprint density at radius 2 is 1.67 bits per heavy atom. The van der Waals surface area contributed by atoms with Gasteiger partial charge in [0, 0.05) is 16.5 Å². The van der Waals surface area contributed by atoms with E-state index in [0.29, 0.717) is 21.2 Å². The highest BCUT2D eigenvalue weighted by molar-refractivity contribution is 8.00. The predicted molar refractivity (Wildman–Crippen MR) is 155 cm³/mol. The number of nitrogens with one attached hydrogen (secondary N) is 1. The number of halogens is 3. The van der Waals surface area contributed by atoms with Crippen LogP contribution in [0.2, 0.25) is 0 Å². The highest BCUT2D eigenvalue weighted by atomic mass is 32.2. The number of thioether (sulfide) groups is 1. The number of phenols is 1. The van der Waals surface area contributed by atoms with Crippen LogP contribution in [0.5, 0.6) is 5.75 Å². The molecule has 0 aliphatic carbocycles. The first kappa shape index (κ1) is 28.7. The fourth-order valence-corrected chi connectivity index (χ4v) is 8.13. The van der Waals surface area contributed by atoms with Crippen molar-refractivity contribution in [3.05, 3.63) is 104 Å². The average Bonchev–Trinajstić information content (AvgIpc) is 3.40. The Bertz CT molecular complexity index is 1820. The van der Waals surface area contributed by atoms with Crippen LogP contribution in [0.25, 0.3) is 0 Å². The van der Waals surface area contributed by atoms with E-state index in [-0.39, 0.29) is 18.0 Å². The molecule has 3 aromatic carbocycles. The summed E-state index contributed by atoms with van der Waals surface area (Å²) in [4.78, 5) is 54.6. The van der Waals surface area contributed by atoms with E-state index in [1.165, 1.54) is 22.8 Å². The van der Waals surface area contributed by atoms with Crippen LogP contribution in [-0.2, 0) is 27.1 Å². The molecule has 3 heterocycles. The second kappa shape index (κ2) is 10.7. The molecule has 0 radical (unpaired) electrons. The number of carbonyl (C=O) groups excluding carboxylic acids is 3. The first-order chi connectivity index (χ1) is 20.4. The van der Waals surface area contributed by atoms with Crippen molar-refractivity contribution < 1.29 is 32.7 Å². The maximum atomic E-state index is 13.9. The number of anilines is 2. The number of hydrogen-bond acceptors (Lipinski definition) is 7. The molecule has 43 heavy (non-hydrogen) atoms. The van der Waals surface area contributed by atoms with Crippen molar-refractivity contribution in [3.8, 4) is 5.75 Å². The predicted octanol–water partition coefficient (Wildman–Crippen LogP) is 5.38. The van der Waals surface area contributed by atoms with Gasteiger partial charge in [0.05, 0.1) is 22.2 Å². The third kappa shape index (κ3) is 5.23. The van der Waals surface area contributed by atoms with Crippen LogP contribution in [-0.4, -0.2) is 32.6 Å². The number of aryl methyl sites for hydroxylation is 1. The molecular weight excluding hydrogens is 603 g/mol. The number of aromatic hydroxyl groups is 1. The summed E-state index contributed by atoms with van der Waals surface area (Å²) < 4.78 is 41.6. The maximum Gasteiger partial charge on any atom is 0.416 e. The number of aromatic nitrogens is 1. The molecule has 2 aliphatic rings. The molecular formula is C30H22F3N3O5S2. The van der Waals surface area contributed by atoms with Gasteiger partial charge in [-0.1, -0.05) is 59.0 Å². The van der Waals surface area contributed by atoms with Gasteiger partial charge in [-0.05, 0) is 55.0 Å². The fraction of sp³-hybridized carbons (Fsp3) is 0.200. The van der Waals surface area contributed by atoms with Gasteiger partial charge in [-0.15, -0.1) is 0 Å². The average molecular weight is 626 g/mol. The van der Waals surface area contributed by atoms with Crippen molar-refractivity contribution >= 4 is 52.2 Å². The molecule has 0 spiro atoms. The van der Waals surface area contributed by atoms with Gasteiger partial charge in [0.15, 0.2) is 0 Å². The first-order valence-corrected chi connectivity index (χ1v) is 14.7. The Kier molecular flexibility index (Phi) is 7.17. The van der Waals surface area contributed by atoms with E-state index in [1.54, 1.807) is 24.3 Å². The van der Waals surface area contributed by atoms with E-state index < -0.39 is 51.4 Å². The van der Waals surface area contributed by atoms with E-state index in [4.69, 9.17) is 0 Å². The molecule has 0 unspecified atom stereocenters. The van der Waals surface area contributed by atoms with Gasteiger partial charge in [0.25, 0.3) is 0 Å². The monoisotopic (exact) mass is 625 g/mol. The molecule has 3 atom stereocenters. The summed E-state index contributed by atoms with van der Waals surface area (Å²) in [6.07, 6.45) is -4.68. The van der Waals surface area contributed by atoms with Crippen LogP contribution in [0.3, 0.4) is 0 Å². The number of rotatable bonds is 5. The van der Waals surface area contributed by atoms with Crippen molar-refractivity contribution in [1.29, 1.82) is 0 Å². The maximum absolute atomic E-state index is 13.9. The van der Waals surface area contributed by atoms with E-state index in [1.807, 2.05) is 19.1 Å². The summed E-state index contributed by atoms with van der Waals surface area (Å²) >= 11 is 1.80. The van der Waals surface area contributed by atoms with Crippen LogP contribution < -0.4 is 15.1 Å². The number of imide groups is 1. The molecule has 8 nitrogen and oxygen atoms in total. The number of amides is 3. The van der Waals surface area contributed by atoms with Crippen molar-refractivity contribution in [2.24, 2.45) is 5.92 Å². The zero-order valence-electron chi connectivity index (χ0n) is 22.3. The van der Waals surface area contributed by atoms with E-state index in [9.17, 15) is 37.5 Å². The summed E-state index contributed by atoms with van der Waals surface area (Å²) in [7, 11) is 0. The molecule has 2 N–H and O–H groups in total. The first-order valence-electron chi connectivity index (χ1n) is 13.0. The molecule has 4 aromatic rings. The van der Waals surface area contributed by atoms with Crippen molar-refractivity contribution in [1.82, 2.24) is 4.57 Å². The van der Waals surface area contributed by atoms with Crippen LogP contribution in [0, 0.1) is 12.8 Å². The number of phenolic OH excluding ortho intramolecular Hbond substituents is 1. The second-order valence-electron chi connectivity index (χ2n) is 10.2. The van der Waals surface area contributed by atoms with Gasteiger partial charge in [0.1, 0.15) is 17.5 Å². The number of alkyl halides is 3. The fourth-order valence-electron chi connectivity index (χ4n) is 5.35. The van der Waals surface area contributed by atoms with Crippen LogP contribution in [0.15, 0.2) is 82.6 Å². The zero-order valence-corrected chi connectivity index (χ0v) is 23.9. The smallest absolute Gasteiger partial charge is 0.416 e. The van der Waals surface area contributed by atoms with Crippen molar-refractivity contribution in [2.45, 2.75) is 35.8 Å². The molecule has 1 aromatic heterocycles. The summed E-state index contributed by atoms with van der Waals surface area (Å²) in [5.41, 5.74) is 0.857. The van der Waals surface area contributed by atoms with Gasteiger partial charge in [-0.3, -0.25) is 23.7 Å². The van der Waals surface area contributed by atoms with Crippen LogP contribution in [0.4, 0.5) is 24.5 Å². The lowest BCUT2D eigenvalue weighted by Crippen LogP contribution is -2.33. The Hall–Kier alpha value is -4.36. The lowest BCUT2D eigenvalue weighted by molar-refractivity contribution is -0.137. The Morgan fingerprint density at radius 3 is 2.35 bits per heavy atom. The highest BCUT2D eigenvalue weighted by Crippen LogP contribution is 2.54. The molecule has 2 aliphatic heterocycles. The second-order valence-corrected chi connectivity index (χ2v) is 12.4. The van der Waals surface area contributed by atoms with E-state index >= 15 is 0 Å². The Morgan fingerprint density at radius 1 is 0.977 bits per heavy atom. The van der Waals surface area contributed by atoms with E-state index in [2.05, 4.69) is 5.32 Å². The third-order valence-corrected chi connectivity index (χ3v) is 9.97. The summed E-state index contributed by atoms with van der Waals surface area (Å²) in [5.74, 6) is -3.80. The minimum absolute atomic E-state index is 0.0383. The summed E-state index contributed by atoms with van der Waals surface area (Å²) in [6.45, 7) is 1.55. The number of hydrogen-bond donors (Lipinski definition) is 2. The Balaban J connectivity index is 1.40. The molecule has 0 saturated carbocycles. The minimum atomic E-state index is -4.68. The number of fused-ring (bicyclic) bond motifs is 2. The van der Waals surface area contributed by atoms with Crippen LogP contribution >= 0.6 is 23.1 Å². The van der Waals surface area contributed by atoms with Gasteiger partial charge in [0.2, 0.25) is 17.7 Å². The quantitative estimate of drug-likeness (QED) is 0.289. The SMILES string of the molecule is Cc1ccc(NC(=O)Cn2c3c(sc2=O)[C@@H](c2ccc(O)cc2)[C@H]2C(=O)N(c4cccc(C(F)(F)F)c4)C(=O)[C@H]2S3)cc1. The largest absolute Gasteiger partial charge is 0.508 e. The molecule has 13 heteroatoms. The van der Waals surface area contributed by atoms with Crippen molar-refractivity contribution in [3.63, 3.8) is 0 Å². The summed E-state index contributed by atoms with van der Waals surface area (Å²) in [6, 6.07) is 17.1. The standard InChI is InChI=1S/C30H22F3N3O5S2/c1-15-5-9-18(10-6-15)34-21(38)14-35-28-25(43-29(35)41)22(16-7-11-20(37)12-8-16)23-24(42-28)27(40)36(26(23)39)19-4-2-3-17(13-19)30(31,32)33/h2-13,22-24,37H,14H2,1H3,(H,34,38)/t22-,23+,24-/m0/s1. The van der Waals surface area contributed by atoms with Gasteiger partial charge in [-0.25, -0.2) is 4.90 Å². The topological polar surface area (TPSA) is 109 Å². The zero-order chi connectivity index (χ0) is 30.6. The minimum Gasteiger partial charge on any atom is -0.508 e. The highest BCUT2D eigenvalue weighted by Gasteiger charge is 2.57. The normalized spacial score (nSPS) is 19.7. The number of nitrogens with zero attached hydrogens (tertiary/aromatic N) is 2. The molecule has 1 fully saturated rings. The third-order valence-electron chi connectivity index (χ3n) is 7.37. The molecule has 1 saturated heterocycles. The number of carbonyl (C=O) groups is 3. The number of benzene rings is 3. The van der Waals surface area contributed by atoms with Gasteiger partial charge >= 0.3 is 11.0 Å². The molecule has 0 bridgehead atoms. The molecule has 3 amide bonds. The van der Waals surface area contributed by atoms with Crippen LogP contribution in [0.1, 0.15) is 27.5 Å².